The minimum Gasteiger partial charge on any atom is -0.381 e. The number of rotatable bonds is 4. The van der Waals surface area contributed by atoms with E-state index in [1.54, 1.807) is 6.33 Å². The largest absolute Gasteiger partial charge is 0.381 e. The Bertz CT molecular complexity index is 1200. The fraction of sp³-hybridized carbons (Fsp3) is 0.250. The summed E-state index contributed by atoms with van der Waals surface area (Å²) < 4.78 is 7.64. The molecule has 2 aromatic heterocycles. The molecule has 5 rings (SSSR count). The second-order valence-corrected chi connectivity index (χ2v) is 8.09. The molecule has 0 saturated carbocycles. The molecule has 1 fully saturated rings. The lowest BCUT2D eigenvalue weighted by Crippen LogP contribution is -2.28. The Hall–Kier alpha value is -2.89. The van der Waals surface area contributed by atoms with E-state index >= 15 is 0 Å². The van der Waals surface area contributed by atoms with Crippen LogP contribution in [0.5, 0.6) is 0 Å². The van der Waals surface area contributed by atoms with E-state index in [2.05, 4.69) is 57.2 Å². The van der Waals surface area contributed by atoms with Gasteiger partial charge in [0.1, 0.15) is 12.1 Å². The average molecular weight is 419 g/mol. The van der Waals surface area contributed by atoms with Crippen LogP contribution >= 0.6 is 11.6 Å². The Kier molecular flexibility index (Phi) is 5.15. The van der Waals surface area contributed by atoms with Crippen molar-refractivity contribution in [3.8, 4) is 16.8 Å². The van der Waals surface area contributed by atoms with Crippen molar-refractivity contribution >= 4 is 28.5 Å². The topological polar surface area (TPSA) is 52.0 Å². The number of nitrogens with zero attached hydrogens (tertiary/aromatic N) is 3. The van der Waals surface area contributed by atoms with Crippen LogP contribution in [-0.2, 0) is 4.74 Å². The second-order valence-electron chi connectivity index (χ2n) is 7.68. The number of benzene rings is 2. The van der Waals surface area contributed by atoms with Gasteiger partial charge >= 0.3 is 0 Å². The number of anilines is 1. The molecule has 5 nitrogen and oxygen atoms in total. The van der Waals surface area contributed by atoms with Gasteiger partial charge in [0.2, 0.25) is 0 Å². The van der Waals surface area contributed by atoms with Crippen molar-refractivity contribution in [1.29, 1.82) is 0 Å². The van der Waals surface area contributed by atoms with Gasteiger partial charge in [0.25, 0.3) is 0 Å². The molecule has 0 radical (unpaired) electrons. The number of aromatic nitrogens is 3. The molecule has 6 heteroatoms. The summed E-state index contributed by atoms with van der Waals surface area (Å²) in [5, 5.41) is 5.34. The summed E-state index contributed by atoms with van der Waals surface area (Å²) in [5.41, 5.74) is 5.12. The molecule has 1 N–H and O–H groups in total. The van der Waals surface area contributed by atoms with E-state index in [4.69, 9.17) is 16.3 Å². The molecule has 0 spiro atoms. The lowest BCUT2D eigenvalue weighted by Gasteiger charge is -2.24. The summed E-state index contributed by atoms with van der Waals surface area (Å²) in [7, 11) is 0. The Morgan fingerprint density at radius 2 is 1.87 bits per heavy atom. The summed E-state index contributed by atoms with van der Waals surface area (Å²) in [6.45, 7) is 3.64. The van der Waals surface area contributed by atoms with Crippen LogP contribution in [-0.4, -0.2) is 33.8 Å². The molecular formula is C24H23ClN4O. The van der Waals surface area contributed by atoms with Crippen molar-refractivity contribution in [2.24, 2.45) is 0 Å². The zero-order chi connectivity index (χ0) is 20.5. The monoisotopic (exact) mass is 418 g/mol. The molecule has 30 heavy (non-hydrogen) atoms. The molecule has 4 aromatic rings. The summed E-state index contributed by atoms with van der Waals surface area (Å²) in [6.07, 6.45) is 5.67. The van der Waals surface area contributed by atoms with Gasteiger partial charge in [0, 0.05) is 47.3 Å². The third-order valence-corrected chi connectivity index (χ3v) is 5.92. The van der Waals surface area contributed by atoms with Crippen molar-refractivity contribution in [3.63, 3.8) is 0 Å². The van der Waals surface area contributed by atoms with Crippen LogP contribution in [0.25, 0.3) is 27.8 Å². The maximum absolute atomic E-state index is 6.60. The average Bonchev–Trinajstić information content (AvgIpc) is 3.15. The standard InChI is InChI=1S/C24H23ClN4O/c1-16-5-4-6-18(13-16)29-14-20(19-7-2-3-8-21(19)25)22-23(26-15-27-24(22)29)28-17-9-11-30-12-10-17/h2-8,13-15,17H,9-12H2,1H3,(H,26,27,28). The lowest BCUT2D eigenvalue weighted by molar-refractivity contribution is 0.0904. The lowest BCUT2D eigenvalue weighted by atomic mass is 10.1. The first-order valence-electron chi connectivity index (χ1n) is 10.2. The van der Waals surface area contributed by atoms with Crippen molar-refractivity contribution in [3.05, 3.63) is 71.6 Å². The molecule has 1 aliphatic rings. The first-order valence-corrected chi connectivity index (χ1v) is 10.6. The minimum absolute atomic E-state index is 0.332. The second kappa shape index (κ2) is 8.09. The highest BCUT2D eigenvalue weighted by atomic mass is 35.5. The van der Waals surface area contributed by atoms with Crippen LogP contribution in [0, 0.1) is 6.92 Å². The predicted molar refractivity (Wildman–Crippen MR) is 122 cm³/mol. The summed E-state index contributed by atoms with van der Waals surface area (Å²) >= 11 is 6.60. The molecule has 152 valence electrons. The number of halogens is 1. The first-order chi connectivity index (χ1) is 14.7. The molecule has 2 aromatic carbocycles. The number of hydrogen-bond acceptors (Lipinski definition) is 4. The van der Waals surface area contributed by atoms with E-state index in [0.29, 0.717) is 11.1 Å². The number of hydrogen-bond donors (Lipinski definition) is 1. The minimum atomic E-state index is 0.332. The predicted octanol–water partition coefficient (Wildman–Crippen LogP) is 5.64. The van der Waals surface area contributed by atoms with Gasteiger partial charge in [-0.3, -0.25) is 0 Å². The zero-order valence-electron chi connectivity index (χ0n) is 16.8. The normalized spacial score (nSPS) is 14.9. The third-order valence-electron chi connectivity index (χ3n) is 5.59. The highest BCUT2D eigenvalue weighted by molar-refractivity contribution is 6.33. The Labute approximate surface area is 180 Å². The van der Waals surface area contributed by atoms with Crippen LogP contribution in [0.3, 0.4) is 0 Å². The molecule has 3 heterocycles. The van der Waals surface area contributed by atoms with Crippen LogP contribution in [0.1, 0.15) is 18.4 Å². The van der Waals surface area contributed by atoms with Crippen LogP contribution in [0.2, 0.25) is 5.02 Å². The van der Waals surface area contributed by atoms with Gasteiger partial charge in [0.15, 0.2) is 5.65 Å². The van der Waals surface area contributed by atoms with Crippen molar-refractivity contribution in [2.75, 3.05) is 18.5 Å². The number of ether oxygens (including phenoxy) is 1. The SMILES string of the molecule is Cc1cccc(-n2cc(-c3ccccc3Cl)c3c(NC4CCOCC4)ncnc32)c1. The molecule has 0 unspecified atom stereocenters. The number of nitrogens with one attached hydrogen (secondary N) is 1. The Balaban J connectivity index is 1.73. The van der Waals surface area contributed by atoms with Gasteiger partial charge in [0.05, 0.1) is 5.39 Å². The third kappa shape index (κ3) is 3.55. The maximum Gasteiger partial charge on any atom is 0.150 e. The molecular weight excluding hydrogens is 396 g/mol. The maximum atomic E-state index is 6.60. The first kappa shape index (κ1) is 19.1. The van der Waals surface area contributed by atoms with Gasteiger partial charge in [-0.05, 0) is 43.5 Å². The molecule has 0 atom stereocenters. The zero-order valence-corrected chi connectivity index (χ0v) is 17.6. The van der Waals surface area contributed by atoms with Crippen molar-refractivity contribution in [2.45, 2.75) is 25.8 Å². The smallest absolute Gasteiger partial charge is 0.150 e. The van der Waals surface area contributed by atoms with Gasteiger partial charge in [-0.15, -0.1) is 0 Å². The number of aryl methyl sites for hydroxylation is 1. The van der Waals surface area contributed by atoms with Crippen LogP contribution in [0.15, 0.2) is 61.1 Å². The molecule has 0 bridgehead atoms. The van der Waals surface area contributed by atoms with Gasteiger partial charge in [-0.25, -0.2) is 9.97 Å². The van der Waals surface area contributed by atoms with E-state index in [1.165, 1.54) is 5.56 Å². The van der Waals surface area contributed by atoms with Crippen LogP contribution in [0.4, 0.5) is 5.82 Å². The van der Waals surface area contributed by atoms with Crippen molar-refractivity contribution < 1.29 is 4.74 Å². The summed E-state index contributed by atoms with van der Waals surface area (Å²) in [4.78, 5) is 9.28. The molecule has 1 saturated heterocycles. The summed E-state index contributed by atoms with van der Waals surface area (Å²) in [5.74, 6) is 0.841. The van der Waals surface area contributed by atoms with Crippen molar-refractivity contribution in [1.82, 2.24) is 14.5 Å². The van der Waals surface area contributed by atoms with E-state index < -0.39 is 0 Å². The van der Waals surface area contributed by atoms with E-state index in [-0.39, 0.29) is 0 Å². The fourth-order valence-corrected chi connectivity index (χ4v) is 4.30. The fourth-order valence-electron chi connectivity index (χ4n) is 4.06. The van der Waals surface area contributed by atoms with Gasteiger partial charge < -0.3 is 14.6 Å². The molecule has 0 aliphatic carbocycles. The highest BCUT2D eigenvalue weighted by Crippen LogP contribution is 2.38. The molecule has 0 amide bonds. The van der Waals surface area contributed by atoms with E-state index in [1.807, 2.05) is 24.3 Å². The quantitative estimate of drug-likeness (QED) is 0.466. The summed E-state index contributed by atoms with van der Waals surface area (Å²) in [6, 6.07) is 16.7. The van der Waals surface area contributed by atoms with Gasteiger partial charge in [-0.1, -0.05) is 41.9 Å². The van der Waals surface area contributed by atoms with Gasteiger partial charge in [-0.2, -0.15) is 0 Å². The van der Waals surface area contributed by atoms with Crippen LogP contribution < -0.4 is 5.32 Å². The highest BCUT2D eigenvalue weighted by Gasteiger charge is 2.21. The number of fused-ring (bicyclic) bond motifs is 1. The Morgan fingerprint density at radius 3 is 2.67 bits per heavy atom. The Morgan fingerprint density at radius 1 is 1.03 bits per heavy atom. The molecule has 1 aliphatic heterocycles. The van der Waals surface area contributed by atoms with E-state index in [0.717, 1.165) is 59.7 Å². The van der Waals surface area contributed by atoms with E-state index in [9.17, 15) is 0 Å².